The number of amides is 2. The van der Waals surface area contributed by atoms with Gasteiger partial charge in [-0.05, 0) is 94.4 Å². The van der Waals surface area contributed by atoms with Crippen LogP contribution in [0.1, 0.15) is 67.7 Å². The first-order valence-electron chi connectivity index (χ1n) is 17.4. The number of carbonyl (C=O) groups excluding carboxylic acids is 2. The first-order valence-corrected chi connectivity index (χ1v) is 19.0. The number of anilines is 5. The smallest absolute Gasteiger partial charge is 0.254 e. The number of piperidine rings is 1. The van der Waals surface area contributed by atoms with Crippen LogP contribution in [0, 0.1) is 16.6 Å². The van der Waals surface area contributed by atoms with Crippen LogP contribution in [0.2, 0.25) is 0 Å². The fraction of sp³-hybridized carbons (Fsp3) is 0.405. The van der Waals surface area contributed by atoms with Crippen LogP contribution in [0.3, 0.4) is 0 Å². The lowest BCUT2D eigenvalue weighted by Gasteiger charge is -2.57. The molecular weight excluding hydrogens is 763 g/mol. The number of nitrogens with zero attached hydrogens (tertiary/aromatic N) is 5. The van der Waals surface area contributed by atoms with Crippen LogP contribution in [0.25, 0.3) is 0 Å². The van der Waals surface area contributed by atoms with Gasteiger partial charge < -0.3 is 31.3 Å². The number of rotatable bonds is 14. The number of benzene rings is 2. The standard InChI is InChI=1S/C37H44BrFN10O3S/c1-36(2)21-37(3,4)33(36)48-32(51)22-18-42-35(43-19-22)49-15-12-24(13-16-49)52-17-14-44-53-25-10-8-23(9-11-25)45-34-41-20-26(38)31(47-34)46-28-7-5-6-27(39)29(28)30(40)50/h5-11,18-20,24,33,44H,12-17,21H2,1-4H3,(H2,40,50)(H,48,51)(H2,41,45,46,47). The van der Waals surface area contributed by atoms with Crippen molar-refractivity contribution in [2.75, 3.05) is 41.8 Å². The highest BCUT2D eigenvalue weighted by Gasteiger charge is 2.53. The monoisotopic (exact) mass is 806 g/mol. The van der Waals surface area contributed by atoms with Crippen molar-refractivity contribution in [2.45, 2.75) is 64.0 Å². The van der Waals surface area contributed by atoms with Gasteiger partial charge in [0.2, 0.25) is 11.9 Å². The topological polar surface area (TPSA) is 172 Å². The van der Waals surface area contributed by atoms with Crippen LogP contribution in [-0.2, 0) is 4.74 Å². The van der Waals surface area contributed by atoms with E-state index in [2.05, 4.69) is 89.1 Å². The number of aromatic nitrogens is 4. The van der Waals surface area contributed by atoms with Gasteiger partial charge in [0.05, 0.1) is 34.0 Å². The molecule has 53 heavy (non-hydrogen) atoms. The highest BCUT2D eigenvalue weighted by atomic mass is 79.9. The molecule has 2 aromatic carbocycles. The molecule has 0 unspecified atom stereocenters. The molecular formula is C37H44BrFN10O3S. The lowest BCUT2D eigenvalue weighted by atomic mass is 9.52. The van der Waals surface area contributed by atoms with Gasteiger partial charge in [0.25, 0.3) is 11.8 Å². The molecule has 0 radical (unpaired) electrons. The van der Waals surface area contributed by atoms with Gasteiger partial charge in [0, 0.05) is 54.8 Å². The molecule has 2 aliphatic rings. The largest absolute Gasteiger partial charge is 0.377 e. The van der Waals surface area contributed by atoms with E-state index < -0.39 is 11.7 Å². The Balaban J connectivity index is 0.892. The Kier molecular flexibility index (Phi) is 11.8. The average Bonchev–Trinajstić information content (AvgIpc) is 3.12. The molecule has 2 fully saturated rings. The number of ether oxygens (including phenoxy) is 1. The van der Waals surface area contributed by atoms with Crippen molar-refractivity contribution in [3.8, 4) is 0 Å². The van der Waals surface area contributed by atoms with Gasteiger partial charge in [0.15, 0.2) is 0 Å². The predicted octanol–water partition coefficient (Wildman–Crippen LogP) is 6.59. The van der Waals surface area contributed by atoms with Crippen LogP contribution in [0.4, 0.5) is 33.5 Å². The molecule has 3 heterocycles. The van der Waals surface area contributed by atoms with Crippen LogP contribution in [0.15, 0.2) is 70.4 Å². The molecule has 6 rings (SSSR count). The molecule has 1 aliphatic heterocycles. The van der Waals surface area contributed by atoms with E-state index in [0.29, 0.717) is 40.9 Å². The molecule has 6 N–H and O–H groups in total. The summed E-state index contributed by atoms with van der Waals surface area (Å²) < 4.78 is 24.2. The number of hydrogen-bond acceptors (Lipinski definition) is 12. The molecule has 1 saturated carbocycles. The molecule has 1 saturated heterocycles. The maximum atomic E-state index is 14.2. The molecule has 4 aromatic rings. The summed E-state index contributed by atoms with van der Waals surface area (Å²) >= 11 is 4.90. The van der Waals surface area contributed by atoms with Gasteiger partial charge in [-0.1, -0.05) is 33.8 Å². The lowest BCUT2D eigenvalue weighted by molar-refractivity contribution is -0.0366. The zero-order chi connectivity index (χ0) is 37.8. The Labute approximate surface area is 321 Å². The summed E-state index contributed by atoms with van der Waals surface area (Å²) in [6.45, 7) is 11.6. The van der Waals surface area contributed by atoms with Gasteiger partial charge in [-0.15, -0.1) is 0 Å². The Bertz CT molecular complexity index is 1910. The molecule has 0 atom stereocenters. The zero-order valence-corrected chi connectivity index (χ0v) is 32.5. The number of nitrogens with two attached hydrogens (primary N) is 1. The molecule has 16 heteroatoms. The summed E-state index contributed by atoms with van der Waals surface area (Å²) in [5.41, 5.74) is 6.72. The first kappa shape index (κ1) is 38.3. The predicted molar refractivity (Wildman–Crippen MR) is 208 cm³/mol. The van der Waals surface area contributed by atoms with E-state index in [0.717, 1.165) is 42.9 Å². The minimum absolute atomic E-state index is 0.0774. The third-order valence-corrected chi connectivity index (χ3v) is 10.9. The fourth-order valence-electron chi connectivity index (χ4n) is 7.39. The Morgan fingerprint density at radius 3 is 2.36 bits per heavy atom. The quantitative estimate of drug-likeness (QED) is 0.0685. The molecule has 2 amide bonds. The van der Waals surface area contributed by atoms with Crippen LogP contribution in [-0.4, -0.2) is 70.1 Å². The number of hydrogen-bond donors (Lipinski definition) is 5. The van der Waals surface area contributed by atoms with E-state index >= 15 is 0 Å². The lowest BCUT2D eigenvalue weighted by Crippen LogP contribution is -2.63. The second-order valence-corrected chi connectivity index (χ2v) is 16.4. The fourth-order valence-corrected chi connectivity index (χ4v) is 8.31. The van der Waals surface area contributed by atoms with Crippen LogP contribution in [0.5, 0.6) is 0 Å². The first-order chi connectivity index (χ1) is 25.3. The van der Waals surface area contributed by atoms with Crippen molar-refractivity contribution in [2.24, 2.45) is 16.6 Å². The highest BCUT2D eigenvalue weighted by Crippen LogP contribution is 2.53. The SMILES string of the molecule is CC1(C)CC(C)(C)C1NC(=O)c1cnc(N2CCC(OCCNSc3ccc(Nc4ncc(Br)c(Nc5cccc(F)c5C(N)=O)n4)cc3)CC2)nc1. The second kappa shape index (κ2) is 16.3. The van der Waals surface area contributed by atoms with E-state index in [-0.39, 0.29) is 40.1 Å². The van der Waals surface area contributed by atoms with E-state index in [1.54, 1.807) is 24.7 Å². The summed E-state index contributed by atoms with van der Waals surface area (Å²) in [4.78, 5) is 45.6. The Morgan fingerprint density at radius 1 is 1.00 bits per heavy atom. The van der Waals surface area contributed by atoms with E-state index in [1.165, 1.54) is 24.1 Å². The summed E-state index contributed by atoms with van der Waals surface area (Å²) in [7, 11) is 0. The molecule has 280 valence electrons. The van der Waals surface area contributed by atoms with Crippen molar-refractivity contribution in [1.82, 2.24) is 30.0 Å². The number of carbonyl (C=O) groups is 2. The van der Waals surface area contributed by atoms with Crippen LogP contribution < -0.4 is 31.3 Å². The van der Waals surface area contributed by atoms with Gasteiger partial charge in [-0.25, -0.2) is 19.3 Å². The molecule has 1 aliphatic carbocycles. The second-order valence-electron chi connectivity index (χ2n) is 14.6. The Hall–Kier alpha value is -4.38. The normalized spacial score (nSPS) is 16.8. The molecule has 2 aromatic heterocycles. The van der Waals surface area contributed by atoms with E-state index in [4.69, 9.17) is 10.5 Å². The van der Waals surface area contributed by atoms with E-state index in [1.807, 2.05) is 24.3 Å². The van der Waals surface area contributed by atoms with Crippen molar-refractivity contribution in [3.05, 3.63) is 82.5 Å². The number of halogens is 2. The van der Waals surface area contributed by atoms with Gasteiger partial charge >= 0.3 is 0 Å². The van der Waals surface area contributed by atoms with Crippen molar-refractivity contribution < 1.29 is 18.7 Å². The van der Waals surface area contributed by atoms with Crippen molar-refractivity contribution in [3.63, 3.8) is 0 Å². The molecule has 0 bridgehead atoms. The number of primary amides is 1. The maximum Gasteiger partial charge on any atom is 0.254 e. The summed E-state index contributed by atoms with van der Waals surface area (Å²) in [6, 6.07) is 12.1. The molecule has 0 spiro atoms. The number of nitrogens with one attached hydrogen (secondary N) is 4. The summed E-state index contributed by atoms with van der Waals surface area (Å²) in [6.07, 6.45) is 7.78. The maximum absolute atomic E-state index is 14.2. The summed E-state index contributed by atoms with van der Waals surface area (Å²) in [5, 5.41) is 9.31. The van der Waals surface area contributed by atoms with Gasteiger partial charge in [-0.3, -0.25) is 14.3 Å². The Morgan fingerprint density at radius 2 is 1.70 bits per heavy atom. The van der Waals surface area contributed by atoms with E-state index in [9.17, 15) is 14.0 Å². The zero-order valence-electron chi connectivity index (χ0n) is 30.1. The highest BCUT2D eigenvalue weighted by molar-refractivity contribution is 9.10. The van der Waals surface area contributed by atoms with Crippen molar-refractivity contribution >= 4 is 68.8 Å². The van der Waals surface area contributed by atoms with Gasteiger partial charge in [-0.2, -0.15) is 4.98 Å². The van der Waals surface area contributed by atoms with Gasteiger partial charge in [0.1, 0.15) is 11.6 Å². The third-order valence-electron chi connectivity index (χ3n) is 9.49. The summed E-state index contributed by atoms with van der Waals surface area (Å²) in [5.74, 6) is -0.468. The third kappa shape index (κ3) is 9.41. The minimum atomic E-state index is -0.888. The molecule has 13 nitrogen and oxygen atoms in total. The van der Waals surface area contributed by atoms with Crippen molar-refractivity contribution in [1.29, 1.82) is 0 Å². The van der Waals surface area contributed by atoms with Crippen LogP contribution >= 0.6 is 27.9 Å². The minimum Gasteiger partial charge on any atom is -0.377 e. The average molecular weight is 808 g/mol.